The van der Waals surface area contributed by atoms with Crippen molar-refractivity contribution in [2.75, 3.05) is 6.54 Å². The summed E-state index contributed by atoms with van der Waals surface area (Å²) in [5.41, 5.74) is 1.49. The molecule has 1 aliphatic carbocycles. The molecule has 90 valence electrons. The van der Waals surface area contributed by atoms with E-state index in [1.165, 1.54) is 5.56 Å². The van der Waals surface area contributed by atoms with Crippen molar-refractivity contribution in [1.82, 2.24) is 4.90 Å². The minimum absolute atomic E-state index is 0.215. The number of carbonyl (C=O) groups is 1. The molecule has 1 heterocycles. The third-order valence-corrected chi connectivity index (χ3v) is 4.74. The summed E-state index contributed by atoms with van der Waals surface area (Å²) in [7, 11) is 0. The average molecular weight is 229 g/mol. The molecule has 3 unspecified atom stereocenters. The Kier molecular flexibility index (Phi) is 2.13. The molecule has 1 amide bonds. The van der Waals surface area contributed by atoms with E-state index in [9.17, 15) is 4.79 Å². The lowest BCUT2D eigenvalue weighted by molar-refractivity contribution is -0.133. The summed E-state index contributed by atoms with van der Waals surface area (Å²) in [5, 5.41) is 0. The molecule has 0 bridgehead atoms. The van der Waals surface area contributed by atoms with Crippen molar-refractivity contribution in [2.24, 2.45) is 17.3 Å². The van der Waals surface area contributed by atoms with E-state index in [1.54, 1.807) is 0 Å². The van der Waals surface area contributed by atoms with Gasteiger partial charge in [0.25, 0.3) is 0 Å². The van der Waals surface area contributed by atoms with Gasteiger partial charge in [-0.15, -0.1) is 0 Å². The number of fused-ring (bicyclic) bond motifs is 1. The lowest BCUT2D eigenvalue weighted by Gasteiger charge is -2.29. The predicted molar refractivity (Wildman–Crippen MR) is 67.3 cm³/mol. The Balaban J connectivity index is 1.79. The lowest BCUT2D eigenvalue weighted by Crippen LogP contribution is -2.34. The zero-order chi connectivity index (χ0) is 12.2. The highest BCUT2D eigenvalue weighted by Crippen LogP contribution is 2.63. The van der Waals surface area contributed by atoms with Gasteiger partial charge < -0.3 is 4.90 Å². The standard InChI is InChI=1S/C15H19NO/c1-10(11-7-5-4-6-8-11)16-9-12-13(14(16)17)15(12,2)3/h4-8,10,12-13H,9H2,1-3H3. The summed E-state index contributed by atoms with van der Waals surface area (Å²) >= 11 is 0. The molecular formula is C15H19NO. The number of carbonyl (C=O) groups excluding carboxylic acids is 1. The van der Waals surface area contributed by atoms with Crippen LogP contribution in [0.4, 0.5) is 0 Å². The molecule has 2 nitrogen and oxygen atoms in total. The molecule has 0 N–H and O–H groups in total. The molecule has 3 rings (SSSR count). The molecule has 1 saturated carbocycles. The number of benzene rings is 1. The Hall–Kier alpha value is -1.31. The van der Waals surface area contributed by atoms with E-state index < -0.39 is 0 Å². The SMILES string of the molecule is CC(c1ccccc1)N1CC2C(C1=O)C2(C)C. The van der Waals surface area contributed by atoms with E-state index >= 15 is 0 Å². The second-order valence-corrected chi connectivity index (χ2v) is 5.98. The highest BCUT2D eigenvalue weighted by atomic mass is 16.2. The molecule has 17 heavy (non-hydrogen) atoms. The molecule has 0 radical (unpaired) electrons. The summed E-state index contributed by atoms with van der Waals surface area (Å²) in [6.07, 6.45) is 0. The maximum atomic E-state index is 12.3. The van der Waals surface area contributed by atoms with Gasteiger partial charge in [0.05, 0.1) is 6.04 Å². The van der Waals surface area contributed by atoms with Gasteiger partial charge in [-0.3, -0.25) is 4.79 Å². The normalized spacial score (nSPS) is 31.2. The van der Waals surface area contributed by atoms with Crippen molar-refractivity contribution in [1.29, 1.82) is 0 Å². The molecule has 3 atom stereocenters. The van der Waals surface area contributed by atoms with Crippen LogP contribution in [-0.4, -0.2) is 17.4 Å². The van der Waals surface area contributed by atoms with Crippen molar-refractivity contribution < 1.29 is 4.79 Å². The Morgan fingerprint density at radius 1 is 1.29 bits per heavy atom. The van der Waals surface area contributed by atoms with Crippen molar-refractivity contribution in [3.8, 4) is 0 Å². The smallest absolute Gasteiger partial charge is 0.227 e. The van der Waals surface area contributed by atoms with Crippen LogP contribution in [-0.2, 0) is 4.79 Å². The number of hydrogen-bond acceptors (Lipinski definition) is 1. The topological polar surface area (TPSA) is 20.3 Å². The Bertz CT molecular complexity index is 451. The van der Waals surface area contributed by atoms with Crippen LogP contribution in [0, 0.1) is 17.3 Å². The first-order chi connectivity index (χ1) is 8.03. The van der Waals surface area contributed by atoms with Gasteiger partial charge >= 0.3 is 0 Å². The number of piperidine rings is 1. The minimum atomic E-state index is 0.215. The Morgan fingerprint density at radius 3 is 2.47 bits per heavy atom. The van der Waals surface area contributed by atoms with Crippen LogP contribution in [0.3, 0.4) is 0 Å². The molecular weight excluding hydrogens is 210 g/mol. The number of nitrogens with zero attached hydrogens (tertiary/aromatic N) is 1. The van der Waals surface area contributed by atoms with Crippen molar-refractivity contribution in [3.63, 3.8) is 0 Å². The van der Waals surface area contributed by atoms with Crippen LogP contribution in [0.2, 0.25) is 0 Å². The highest BCUT2D eigenvalue weighted by Gasteiger charge is 2.67. The first kappa shape index (κ1) is 10.8. The largest absolute Gasteiger partial charge is 0.335 e. The molecule has 2 fully saturated rings. The third kappa shape index (κ3) is 1.43. The maximum Gasteiger partial charge on any atom is 0.227 e. The van der Waals surface area contributed by atoms with Gasteiger partial charge in [0.15, 0.2) is 0 Å². The van der Waals surface area contributed by atoms with E-state index in [0.717, 1.165) is 6.54 Å². The van der Waals surface area contributed by atoms with E-state index in [-0.39, 0.29) is 17.4 Å². The van der Waals surface area contributed by atoms with Crippen LogP contribution < -0.4 is 0 Å². The number of hydrogen-bond donors (Lipinski definition) is 0. The van der Waals surface area contributed by atoms with Gasteiger partial charge in [0, 0.05) is 12.5 Å². The quantitative estimate of drug-likeness (QED) is 0.763. The first-order valence-corrected chi connectivity index (χ1v) is 6.39. The molecule has 1 saturated heterocycles. The summed E-state index contributed by atoms with van der Waals surface area (Å²) < 4.78 is 0. The first-order valence-electron chi connectivity index (χ1n) is 6.39. The van der Waals surface area contributed by atoms with Gasteiger partial charge in [0.1, 0.15) is 0 Å². The lowest BCUT2D eigenvalue weighted by atomic mass is 10.0. The number of rotatable bonds is 2. The van der Waals surface area contributed by atoms with Crippen LogP contribution in [0.25, 0.3) is 0 Å². The molecule has 2 heteroatoms. The van der Waals surface area contributed by atoms with Gasteiger partial charge in [-0.05, 0) is 23.8 Å². The number of likely N-dealkylation sites (tertiary alicyclic amines) is 1. The van der Waals surface area contributed by atoms with Crippen molar-refractivity contribution >= 4 is 5.91 Å². The fourth-order valence-electron chi connectivity index (χ4n) is 3.32. The predicted octanol–water partition coefficient (Wildman–Crippen LogP) is 2.86. The third-order valence-electron chi connectivity index (χ3n) is 4.74. The molecule has 0 spiro atoms. The van der Waals surface area contributed by atoms with Gasteiger partial charge in [-0.2, -0.15) is 0 Å². The fourth-order valence-corrected chi connectivity index (χ4v) is 3.32. The fraction of sp³-hybridized carbons (Fsp3) is 0.533. The molecule has 1 aromatic carbocycles. The van der Waals surface area contributed by atoms with E-state index in [1.807, 2.05) is 18.2 Å². The summed E-state index contributed by atoms with van der Waals surface area (Å²) in [4.78, 5) is 14.4. The van der Waals surface area contributed by atoms with Crippen LogP contribution in [0.15, 0.2) is 30.3 Å². The maximum absolute atomic E-state index is 12.3. The average Bonchev–Trinajstić information content (AvgIpc) is 2.68. The van der Waals surface area contributed by atoms with E-state index in [2.05, 4.69) is 37.8 Å². The number of amides is 1. The van der Waals surface area contributed by atoms with Crippen molar-refractivity contribution in [2.45, 2.75) is 26.8 Å². The summed E-state index contributed by atoms with van der Waals surface area (Å²) in [6, 6.07) is 10.5. The molecule has 1 aromatic rings. The molecule has 0 aromatic heterocycles. The van der Waals surface area contributed by atoms with Crippen molar-refractivity contribution in [3.05, 3.63) is 35.9 Å². The second kappa shape index (κ2) is 3.34. The van der Waals surface area contributed by atoms with E-state index in [4.69, 9.17) is 0 Å². The minimum Gasteiger partial charge on any atom is -0.335 e. The van der Waals surface area contributed by atoms with Gasteiger partial charge in [-0.25, -0.2) is 0 Å². The monoisotopic (exact) mass is 229 g/mol. The highest BCUT2D eigenvalue weighted by molar-refractivity contribution is 5.86. The van der Waals surface area contributed by atoms with Crippen LogP contribution in [0.5, 0.6) is 0 Å². The molecule has 1 aliphatic heterocycles. The Labute approximate surface area is 103 Å². The van der Waals surface area contributed by atoms with Gasteiger partial charge in [-0.1, -0.05) is 44.2 Å². The van der Waals surface area contributed by atoms with E-state index in [0.29, 0.717) is 11.8 Å². The zero-order valence-corrected chi connectivity index (χ0v) is 10.7. The molecule has 2 aliphatic rings. The zero-order valence-electron chi connectivity index (χ0n) is 10.7. The second-order valence-electron chi connectivity index (χ2n) is 5.98. The van der Waals surface area contributed by atoms with Crippen LogP contribution in [0.1, 0.15) is 32.4 Å². The van der Waals surface area contributed by atoms with Crippen LogP contribution >= 0.6 is 0 Å². The summed E-state index contributed by atoms with van der Waals surface area (Å²) in [5.74, 6) is 1.23. The summed E-state index contributed by atoms with van der Waals surface area (Å²) in [6.45, 7) is 7.49. The Morgan fingerprint density at radius 2 is 1.94 bits per heavy atom. The van der Waals surface area contributed by atoms with Gasteiger partial charge in [0.2, 0.25) is 5.91 Å².